The van der Waals surface area contributed by atoms with E-state index in [1.807, 2.05) is 11.0 Å². The first-order valence-corrected chi connectivity index (χ1v) is 20.4. The van der Waals surface area contributed by atoms with Gasteiger partial charge < -0.3 is 20.3 Å². The largest absolute Gasteiger partial charge is 0.461 e. The lowest BCUT2D eigenvalue weighted by Gasteiger charge is -2.66. The smallest absolute Gasteiger partial charge is 0.319 e. The standard InChI is InChI=1S/C40H40ClF4N7O2S/c41-26-10-24-32(31(44)30(26)23-4-5-27(43)33-29(23)25(13-46)34(47)55-33)48-36(54-21-40-7-3-9-52(40)14-22(42)11-40)49-35(24)50-8-2-1-6-37(18-50)19-51(20-37)28(53)12-38-15-39(45,16-38)17-38/h4-5,10,22H,1-3,6-9,11-12,14-21,47H2/t22-,38?,39?,40+/m1/s1. The zero-order valence-corrected chi connectivity index (χ0v) is 31.8. The number of ether oxygens (including phenoxy) is 1. The molecule has 11 rings (SSSR count). The number of thiophene rings is 1. The SMILES string of the molecule is N#Cc1c(N)sc2c(F)ccc(-c3c(Cl)cc4c(N5CCCCC6(CN(C(=O)CC78CC(F)(C7)C8)C6)C5)nc(OC[C@@]56CCCN5C[C@H](F)C6)nc4c3F)c12. The van der Waals surface area contributed by atoms with Crippen molar-refractivity contribution in [3.63, 3.8) is 0 Å². The highest BCUT2D eigenvalue weighted by molar-refractivity contribution is 7.23. The van der Waals surface area contributed by atoms with Gasteiger partial charge in [-0.15, -0.1) is 11.3 Å². The van der Waals surface area contributed by atoms with Crippen LogP contribution in [0, 0.1) is 33.8 Å². The van der Waals surface area contributed by atoms with E-state index >= 15 is 8.78 Å². The van der Waals surface area contributed by atoms with Crippen LogP contribution in [-0.4, -0.2) is 88.9 Å². The molecule has 2 N–H and O–H groups in total. The monoisotopic (exact) mass is 793 g/mol. The van der Waals surface area contributed by atoms with Gasteiger partial charge in [-0.2, -0.15) is 15.2 Å². The van der Waals surface area contributed by atoms with Crippen LogP contribution in [0.25, 0.3) is 32.1 Å². The molecule has 55 heavy (non-hydrogen) atoms. The molecular formula is C40H40ClF4N7O2S. The van der Waals surface area contributed by atoms with E-state index in [4.69, 9.17) is 27.1 Å². The van der Waals surface area contributed by atoms with Crippen LogP contribution < -0.4 is 15.4 Å². The Morgan fingerprint density at radius 1 is 1.11 bits per heavy atom. The van der Waals surface area contributed by atoms with Crippen LogP contribution in [0.15, 0.2) is 18.2 Å². The molecule has 3 saturated carbocycles. The average Bonchev–Trinajstić information content (AvgIpc) is 3.68. The third-order valence-electron chi connectivity index (χ3n) is 13.5. The van der Waals surface area contributed by atoms with Crippen molar-refractivity contribution in [1.29, 1.82) is 5.26 Å². The summed E-state index contributed by atoms with van der Waals surface area (Å²) in [6, 6.07) is 6.21. The van der Waals surface area contributed by atoms with Gasteiger partial charge in [0.2, 0.25) is 5.91 Å². The van der Waals surface area contributed by atoms with Gasteiger partial charge in [-0.05, 0) is 74.6 Å². The average molecular weight is 794 g/mol. The van der Waals surface area contributed by atoms with Crippen LogP contribution in [0.3, 0.4) is 0 Å². The first kappa shape index (κ1) is 35.5. The third-order valence-corrected chi connectivity index (χ3v) is 14.8. The highest BCUT2D eigenvalue weighted by Gasteiger charge is 2.69. The minimum Gasteiger partial charge on any atom is -0.461 e. The van der Waals surface area contributed by atoms with Gasteiger partial charge in [0.15, 0.2) is 5.82 Å². The van der Waals surface area contributed by atoms with Crippen molar-refractivity contribution in [2.24, 2.45) is 10.8 Å². The molecule has 9 nitrogen and oxygen atoms in total. The van der Waals surface area contributed by atoms with Gasteiger partial charge in [-0.25, -0.2) is 17.6 Å². The highest BCUT2D eigenvalue weighted by Crippen LogP contribution is 2.71. The Hall–Kier alpha value is -3.93. The first-order chi connectivity index (χ1) is 26.3. The normalized spacial score (nSPS) is 29.5. The summed E-state index contributed by atoms with van der Waals surface area (Å²) in [5, 5.41) is 10.6. The summed E-state index contributed by atoms with van der Waals surface area (Å²) in [4.78, 5) is 29.0. The molecule has 2 bridgehead atoms. The van der Waals surface area contributed by atoms with Crippen molar-refractivity contribution >= 4 is 60.7 Å². The first-order valence-electron chi connectivity index (χ1n) is 19.2. The number of amides is 1. The number of fused-ring (bicyclic) bond motifs is 3. The van der Waals surface area contributed by atoms with Crippen molar-refractivity contribution in [2.45, 2.75) is 81.6 Å². The highest BCUT2D eigenvalue weighted by atomic mass is 35.5. The Morgan fingerprint density at radius 3 is 2.67 bits per heavy atom. The predicted molar refractivity (Wildman–Crippen MR) is 203 cm³/mol. The van der Waals surface area contributed by atoms with Crippen molar-refractivity contribution in [1.82, 2.24) is 19.8 Å². The molecule has 4 saturated heterocycles. The van der Waals surface area contributed by atoms with Crippen LogP contribution in [0.4, 0.5) is 28.4 Å². The number of carbonyl (C=O) groups is 1. The fourth-order valence-electron chi connectivity index (χ4n) is 11.1. The number of hydrogen-bond acceptors (Lipinski definition) is 9. The fraction of sp³-hybridized carbons (Fsp3) is 0.550. The number of anilines is 2. The second-order valence-electron chi connectivity index (χ2n) is 17.4. The van der Waals surface area contributed by atoms with Gasteiger partial charge in [0.05, 0.1) is 20.8 Å². The van der Waals surface area contributed by atoms with E-state index in [0.29, 0.717) is 76.0 Å². The van der Waals surface area contributed by atoms with E-state index in [1.165, 1.54) is 12.1 Å². The summed E-state index contributed by atoms with van der Waals surface area (Å²) in [6.45, 7) is 3.61. The quantitative estimate of drug-likeness (QED) is 0.188. The number of rotatable bonds is 7. The summed E-state index contributed by atoms with van der Waals surface area (Å²) in [6.07, 6.45) is 5.63. The molecule has 0 radical (unpaired) electrons. The minimum atomic E-state index is -1.05. The van der Waals surface area contributed by atoms with E-state index in [0.717, 1.165) is 50.0 Å². The number of nitrogen functional groups attached to an aromatic ring is 1. The molecule has 1 amide bonds. The number of carbonyl (C=O) groups excluding carboxylic acids is 1. The lowest BCUT2D eigenvalue weighted by molar-refractivity contribution is -0.220. The second-order valence-corrected chi connectivity index (χ2v) is 18.8. The molecule has 7 aliphatic rings. The molecule has 4 aliphatic heterocycles. The van der Waals surface area contributed by atoms with Crippen LogP contribution in [0.2, 0.25) is 5.02 Å². The van der Waals surface area contributed by atoms with Gasteiger partial charge in [0, 0.05) is 67.3 Å². The lowest BCUT2D eigenvalue weighted by atomic mass is 9.41. The van der Waals surface area contributed by atoms with Crippen LogP contribution >= 0.6 is 22.9 Å². The number of likely N-dealkylation sites (tertiary alicyclic amines) is 1. The third kappa shape index (κ3) is 5.50. The molecule has 6 heterocycles. The number of alkyl halides is 2. The number of nitrogens with zero attached hydrogens (tertiary/aromatic N) is 6. The molecule has 2 atom stereocenters. The van der Waals surface area contributed by atoms with E-state index < -0.39 is 29.0 Å². The number of nitrogens with two attached hydrogens (primary N) is 1. The molecule has 15 heteroatoms. The van der Waals surface area contributed by atoms with Gasteiger partial charge in [0.25, 0.3) is 0 Å². The molecule has 2 aromatic heterocycles. The number of halogens is 5. The second kappa shape index (κ2) is 12.3. The topological polar surface area (TPSA) is 112 Å². The maximum atomic E-state index is 17.3. The number of aromatic nitrogens is 2. The van der Waals surface area contributed by atoms with Gasteiger partial charge in [-0.3, -0.25) is 9.69 Å². The fourth-order valence-corrected chi connectivity index (χ4v) is 12.3. The van der Waals surface area contributed by atoms with Crippen molar-refractivity contribution < 1.29 is 27.1 Å². The summed E-state index contributed by atoms with van der Waals surface area (Å²) >= 11 is 7.88. The summed E-state index contributed by atoms with van der Waals surface area (Å²) < 4.78 is 67.6. The Kier molecular flexibility index (Phi) is 7.92. The summed E-state index contributed by atoms with van der Waals surface area (Å²) in [5.74, 6) is -0.845. The lowest BCUT2D eigenvalue weighted by Crippen LogP contribution is -2.67. The zero-order chi connectivity index (χ0) is 38.1. The van der Waals surface area contributed by atoms with E-state index in [9.17, 15) is 18.8 Å². The Morgan fingerprint density at radius 2 is 1.91 bits per heavy atom. The van der Waals surface area contributed by atoms with Crippen molar-refractivity contribution in [3.8, 4) is 23.2 Å². The Labute approximate surface area is 324 Å². The van der Waals surface area contributed by atoms with Gasteiger partial charge in [0.1, 0.15) is 46.7 Å². The van der Waals surface area contributed by atoms with E-state index in [-0.39, 0.29) is 71.7 Å². The van der Waals surface area contributed by atoms with Crippen LogP contribution in [0.5, 0.6) is 6.01 Å². The summed E-state index contributed by atoms with van der Waals surface area (Å²) in [7, 11) is 0. The van der Waals surface area contributed by atoms with Gasteiger partial charge >= 0.3 is 6.01 Å². The van der Waals surface area contributed by atoms with Crippen LogP contribution in [0.1, 0.15) is 69.8 Å². The maximum Gasteiger partial charge on any atom is 0.319 e. The molecular weight excluding hydrogens is 754 g/mol. The van der Waals surface area contributed by atoms with Crippen LogP contribution in [-0.2, 0) is 4.79 Å². The molecule has 0 unspecified atom stereocenters. The predicted octanol–water partition coefficient (Wildman–Crippen LogP) is 7.95. The molecule has 1 spiro atoms. The number of hydrogen-bond donors (Lipinski definition) is 1. The minimum absolute atomic E-state index is 0.0270. The molecule has 288 valence electrons. The van der Waals surface area contributed by atoms with E-state index in [2.05, 4.69) is 14.8 Å². The van der Waals surface area contributed by atoms with Crippen molar-refractivity contribution in [2.75, 3.05) is 56.5 Å². The molecule has 7 fully saturated rings. The Bertz CT molecular complexity index is 2330. The van der Waals surface area contributed by atoms with Crippen molar-refractivity contribution in [3.05, 3.63) is 40.4 Å². The van der Waals surface area contributed by atoms with E-state index in [1.54, 1.807) is 6.07 Å². The Balaban J connectivity index is 1.03. The summed E-state index contributed by atoms with van der Waals surface area (Å²) in [5.41, 5.74) is 4.36. The number of benzene rings is 2. The molecule has 2 aromatic carbocycles. The molecule has 4 aromatic rings. The molecule has 3 aliphatic carbocycles. The van der Waals surface area contributed by atoms with Gasteiger partial charge in [-0.1, -0.05) is 24.1 Å². The maximum absolute atomic E-state index is 17.3. The zero-order valence-electron chi connectivity index (χ0n) is 30.2. The number of nitriles is 1.